The van der Waals surface area contributed by atoms with Crippen molar-refractivity contribution in [2.75, 3.05) is 0 Å². The van der Waals surface area contributed by atoms with Crippen LogP contribution in [-0.4, -0.2) is 36.6 Å². The average Bonchev–Trinajstić information content (AvgIpc) is 3.35. The Kier molecular flexibility index (Phi) is 4.55. The zero-order valence-corrected chi connectivity index (χ0v) is 16.4. The molecule has 0 spiro atoms. The topological polar surface area (TPSA) is 99.2 Å². The van der Waals surface area contributed by atoms with E-state index in [1.807, 2.05) is 30.3 Å². The minimum atomic E-state index is -0.774. The van der Waals surface area contributed by atoms with Gasteiger partial charge >= 0.3 is 0 Å². The van der Waals surface area contributed by atoms with Crippen molar-refractivity contribution in [3.63, 3.8) is 0 Å². The van der Waals surface area contributed by atoms with Crippen molar-refractivity contribution in [1.29, 1.82) is 0 Å². The standard InChI is InChI=1S/C24H18N4O3/c29-22(18-13-27-19-9-2-1-8-17(18)19)20-21(15-6-5-10-25-12-15)28(24(31)23(20)30)14-16-7-3-4-11-26-16/h1-13,21,27,29H,14H2/b22-20-. The van der Waals surface area contributed by atoms with Crippen molar-refractivity contribution in [2.45, 2.75) is 12.6 Å². The second-order valence-corrected chi connectivity index (χ2v) is 7.28. The number of aromatic nitrogens is 3. The first-order chi connectivity index (χ1) is 15.1. The molecule has 1 aromatic carbocycles. The average molecular weight is 410 g/mol. The zero-order valence-electron chi connectivity index (χ0n) is 16.4. The number of ketones is 1. The van der Waals surface area contributed by atoms with E-state index in [-0.39, 0.29) is 17.9 Å². The fourth-order valence-electron chi connectivity index (χ4n) is 4.01. The van der Waals surface area contributed by atoms with E-state index in [9.17, 15) is 14.7 Å². The summed E-state index contributed by atoms with van der Waals surface area (Å²) < 4.78 is 0. The molecule has 1 saturated heterocycles. The van der Waals surface area contributed by atoms with Gasteiger partial charge in [0.05, 0.1) is 23.9 Å². The number of benzene rings is 1. The van der Waals surface area contributed by atoms with Gasteiger partial charge in [-0.3, -0.25) is 19.6 Å². The molecule has 2 N–H and O–H groups in total. The first-order valence-electron chi connectivity index (χ1n) is 9.80. The molecule has 4 aromatic rings. The van der Waals surface area contributed by atoms with Crippen LogP contribution in [0.5, 0.6) is 0 Å². The zero-order chi connectivity index (χ0) is 21.4. The van der Waals surface area contributed by atoms with Gasteiger partial charge in [0, 0.05) is 41.3 Å². The highest BCUT2D eigenvalue weighted by Gasteiger charge is 2.46. The molecule has 1 aliphatic heterocycles. The molecular weight excluding hydrogens is 392 g/mol. The van der Waals surface area contributed by atoms with Gasteiger partial charge in [-0.15, -0.1) is 0 Å². The van der Waals surface area contributed by atoms with Crippen molar-refractivity contribution in [2.24, 2.45) is 0 Å². The van der Waals surface area contributed by atoms with Gasteiger partial charge in [-0.25, -0.2) is 0 Å². The monoisotopic (exact) mass is 410 g/mol. The van der Waals surface area contributed by atoms with Gasteiger partial charge in [0.25, 0.3) is 11.7 Å². The predicted octanol–water partition coefficient (Wildman–Crippen LogP) is 3.58. The summed E-state index contributed by atoms with van der Waals surface area (Å²) in [5, 5.41) is 12.0. The number of aliphatic hydroxyl groups is 1. The van der Waals surface area contributed by atoms with E-state index in [0.29, 0.717) is 16.8 Å². The number of rotatable bonds is 4. The molecular formula is C24H18N4O3. The highest BCUT2D eigenvalue weighted by Crippen LogP contribution is 2.40. The van der Waals surface area contributed by atoms with Gasteiger partial charge in [0.1, 0.15) is 5.76 Å². The minimum absolute atomic E-state index is 0.0404. The van der Waals surface area contributed by atoms with Crippen molar-refractivity contribution >= 4 is 28.4 Å². The summed E-state index contributed by atoms with van der Waals surface area (Å²) in [6.45, 7) is 0.135. The lowest BCUT2D eigenvalue weighted by molar-refractivity contribution is -0.140. The number of hydrogen-bond acceptors (Lipinski definition) is 5. The molecule has 0 saturated carbocycles. The lowest BCUT2D eigenvalue weighted by Gasteiger charge is -2.24. The smallest absolute Gasteiger partial charge is 0.296 e. The largest absolute Gasteiger partial charge is 0.507 e. The van der Waals surface area contributed by atoms with Crippen molar-refractivity contribution in [3.05, 3.63) is 102 Å². The molecule has 7 heteroatoms. The van der Waals surface area contributed by atoms with Gasteiger partial charge in [0.15, 0.2) is 0 Å². The highest BCUT2D eigenvalue weighted by molar-refractivity contribution is 6.46. The van der Waals surface area contributed by atoms with Gasteiger partial charge < -0.3 is 15.0 Å². The molecule has 1 aliphatic rings. The number of amides is 1. The maximum absolute atomic E-state index is 13.1. The molecule has 0 aliphatic carbocycles. The number of nitrogens with one attached hydrogen (secondary N) is 1. The van der Waals surface area contributed by atoms with E-state index >= 15 is 0 Å². The number of H-pyrrole nitrogens is 1. The quantitative estimate of drug-likeness (QED) is 0.304. The maximum atomic E-state index is 13.1. The number of likely N-dealkylation sites (tertiary alicyclic amines) is 1. The highest BCUT2D eigenvalue weighted by atomic mass is 16.3. The molecule has 3 aromatic heterocycles. The summed E-state index contributed by atoms with van der Waals surface area (Å²) in [7, 11) is 0. The molecule has 0 radical (unpaired) electrons. The maximum Gasteiger partial charge on any atom is 0.296 e. The summed E-state index contributed by atoms with van der Waals surface area (Å²) in [5.74, 6) is -1.62. The molecule has 31 heavy (non-hydrogen) atoms. The van der Waals surface area contributed by atoms with Crippen molar-refractivity contribution < 1.29 is 14.7 Å². The van der Waals surface area contributed by atoms with E-state index in [1.54, 1.807) is 49.1 Å². The number of carbonyl (C=O) groups is 2. The molecule has 1 unspecified atom stereocenters. The Hall–Kier alpha value is -4.26. The van der Waals surface area contributed by atoms with E-state index in [0.717, 1.165) is 10.9 Å². The number of Topliss-reactive ketones (excluding diaryl/α,β-unsaturated/α-hetero) is 1. The number of aliphatic hydroxyl groups excluding tert-OH is 1. The van der Waals surface area contributed by atoms with Crippen LogP contribution in [0.3, 0.4) is 0 Å². The van der Waals surface area contributed by atoms with Gasteiger partial charge in [-0.2, -0.15) is 0 Å². The SMILES string of the molecule is O=C1C(=O)N(Cc2ccccn2)C(c2cccnc2)/C1=C(/O)c1c[nH]c2ccccc12. The van der Waals surface area contributed by atoms with Crippen LogP contribution >= 0.6 is 0 Å². The fraction of sp³-hybridized carbons (Fsp3) is 0.0833. The van der Waals surface area contributed by atoms with Crippen LogP contribution in [0.2, 0.25) is 0 Å². The Balaban J connectivity index is 1.68. The van der Waals surface area contributed by atoms with E-state index in [4.69, 9.17) is 0 Å². The molecule has 1 atom stereocenters. The number of aromatic amines is 1. The van der Waals surface area contributed by atoms with Crippen LogP contribution < -0.4 is 0 Å². The summed E-state index contributed by atoms with van der Waals surface area (Å²) in [6.07, 6.45) is 6.50. The minimum Gasteiger partial charge on any atom is -0.507 e. The third-order valence-corrected chi connectivity index (χ3v) is 5.44. The Morgan fingerprint density at radius 3 is 2.65 bits per heavy atom. The Bertz CT molecular complexity index is 1310. The number of carbonyl (C=O) groups excluding carboxylic acids is 2. The number of hydrogen-bond donors (Lipinski definition) is 2. The number of fused-ring (bicyclic) bond motifs is 1. The first kappa shape index (κ1) is 18.7. The van der Waals surface area contributed by atoms with E-state index < -0.39 is 17.7 Å². The van der Waals surface area contributed by atoms with Gasteiger partial charge in [0.2, 0.25) is 0 Å². The lowest BCUT2D eigenvalue weighted by Crippen LogP contribution is -2.29. The Morgan fingerprint density at radius 1 is 1.03 bits per heavy atom. The van der Waals surface area contributed by atoms with E-state index in [1.165, 1.54) is 4.90 Å². The summed E-state index contributed by atoms with van der Waals surface area (Å²) in [4.78, 5) is 39.1. The molecule has 152 valence electrons. The summed E-state index contributed by atoms with van der Waals surface area (Å²) >= 11 is 0. The summed E-state index contributed by atoms with van der Waals surface area (Å²) in [5.41, 5.74) is 2.62. The van der Waals surface area contributed by atoms with Crippen LogP contribution in [0.15, 0.2) is 85.0 Å². The molecule has 4 heterocycles. The van der Waals surface area contributed by atoms with Crippen LogP contribution in [-0.2, 0) is 16.1 Å². The third-order valence-electron chi connectivity index (χ3n) is 5.44. The first-order valence-corrected chi connectivity index (χ1v) is 9.80. The van der Waals surface area contributed by atoms with Crippen molar-refractivity contribution in [1.82, 2.24) is 19.9 Å². The van der Waals surface area contributed by atoms with Crippen LogP contribution in [0.4, 0.5) is 0 Å². The fourth-order valence-corrected chi connectivity index (χ4v) is 4.01. The molecule has 0 bridgehead atoms. The molecule has 1 fully saturated rings. The second kappa shape index (κ2) is 7.53. The molecule has 7 nitrogen and oxygen atoms in total. The third kappa shape index (κ3) is 3.16. The van der Waals surface area contributed by atoms with Gasteiger partial charge in [-0.05, 0) is 29.8 Å². The number of pyridine rings is 2. The Labute approximate surface area is 177 Å². The van der Waals surface area contributed by atoms with E-state index in [2.05, 4.69) is 15.0 Å². The Morgan fingerprint density at radius 2 is 1.87 bits per heavy atom. The molecule has 1 amide bonds. The second-order valence-electron chi connectivity index (χ2n) is 7.28. The van der Waals surface area contributed by atoms with Crippen molar-refractivity contribution in [3.8, 4) is 0 Å². The van der Waals surface area contributed by atoms with Gasteiger partial charge in [-0.1, -0.05) is 30.3 Å². The number of nitrogens with zero attached hydrogens (tertiary/aromatic N) is 3. The predicted molar refractivity (Wildman–Crippen MR) is 115 cm³/mol. The van der Waals surface area contributed by atoms with Crippen LogP contribution in [0.1, 0.15) is 22.9 Å². The summed E-state index contributed by atoms with van der Waals surface area (Å²) in [6, 6.07) is 15.6. The van der Waals surface area contributed by atoms with Crippen LogP contribution in [0.25, 0.3) is 16.7 Å². The normalized spacial score (nSPS) is 18.1. The molecule has 5 rings (SSSR count). The number of para-hydroxylation sites is 1. The lowest BCUT2D eigenvalue weighted by atomic mass is 9.96. The van der Waals surface area contributed by atoms with Crippen LogP contribution in [0, 0.1) is 0 Å².